The Kier molecular flexibility index (Phi) is 2.62. The molecule has 1 nitrogen and oxygen atoms in total. The molecule has 1 heterocycles. The molecule has 1 saturated heterocycles. The van der Waals surface area contributed by atoms with E-state index in [1.165, 1.54) is 25.9 Å². The molecule has 1 heteroatoms. The van der Waals surface area contributed by atoms with Crippen LogP contribution in [0.4, 0.5) is 0 Å². The van der Waals surface area contributed by atoms with E-state index in [9.17, 15) is 0 Å². The van der Waals surface area contributed by atoms with Crippen LogP contribution >= 0.6 is 0 Å². The molecule has 1 fully saturated rings. The molecule has 0 N–H and O–H groups in total. The van der Waals surface area contributed by atoms with Gasteiger partial charge in [-0.25, -0.2) is 0 Å². The summed E-state index contributed by atoms with van der Waals surface area (Å²) in [6.07, 6.45) is 8.39. The molecule has 0 unspecified atom stereocenters. The van der Waals surface area contributed by atoms with Crippen molar-refractivity contribution in [2.24, 2.45) is 0 Å². The van der Waals surface area contributed by atoms with Gasteiger partial charge in [-0.05, 0) is 25.5 Å². The molecule has 0 atom stereocenters. The van der Waals surface area contributed by atoms with Crippen molar-refractivity contribution in [2.45, 2.75) is 26.2 Å². The highest BCUT2D eigenvalue weighted by Crippen LogP contribution is 2.06. The van der Waals surface area contributed by atoms with Crippen LogP contribution in [-0.4, -0.2) is 18.0 Å². The molecular formula is C8H15N. The van der Waals surface area contributed by atoms with Crippen LogP contribution in [0.25, 0.3) is 0 Å². The molecule has 52 valence electrons. The van der Waals surface area contributed by atoms with Crippen LogP contribution in [0.5, 0.6) is 0 Å². The maximum atomic E-state index is 2.39. The lowest BCUT2D eigenvalue weighted by atomic mass is 10.4. The van der Waals surface area contributed by atoms with E-state index in [-0.39, 0.29) is 0 Å². The maximum absolute atomic E-state index is 2.39. The standard InChI is InChI=1S/C8H15N/c1-2-3-6-9-7-4-5-8-9/h3,6H,2,4-5,7-8H2,1H3/b6-3-. The van der Waals surface area contributed by atoms with Crippen LogP contribution in [0.2, 0.25) is 0 Å². The fourth-order valence-electron chi connectivity index (χ4n) is 1.15. The number of hydrogen-bond acceptors (Lipinski definition) is 1. The van der Waals surface area contributed by atoms with Gasteiger partial charge in [0.1, 0.15) is 0 Å². The van der Waals surface area contributed by atoms with Gasteiger partial charge in [-0.1, -0.05) is 13.0 Å². The monoisotopic (exact) mass is 125 g/mol. The zero-order valence-electron chi connectivity index (χ0n) is 6.14. The van der Waals surface area contributed by atoms with E-state index >= 15 is 0 Å². The molecule has 0 aromatic carbocycles. The van der Waals surface area contributed by atoms with Gasteiger partial charge < -0.3 is 4.90 Å². The van der Waals surface area contributed by atoms with Crippen LogP contribution in [0.1, 0.15) is 26.2 Å². The first-order chi connectivity index (χ1) is 4.43. The molecule has 0 bridgehead atoms. The fraction of sp³-hybridized carbons (Fsp3) is 0.750. The number of hydrogen-bond donors (Lipinski definition) is 0. The van der Waals surface area contributed by atoms with Crippen LogP contribution in [0, 0.1) is 0 Å². The summed E-state index contributed by atoms with van der Waals surface area (Å²) < 4.78 is 0. The summed E-state index contributed by atoms with van der Waals surface area (Å²) in [6, 6.07) is 0. The van der Waals surface area contributed by atoms with Crippen LogP contribution < -0.4 is 0 Å². The third-order valence-electron chi connectivity index (χ3n) is 1.69. The summed E-state index contributed by atoms with van der Waals surface area (Å²) in [4.78, 5) is 2.39. The van der Waals surface area contributed by atoms with E-state index in [0.717, 1.165) is 6.42 Å². The number of likely N-dealkylation sites (tertiary alicyclic amines) is 1. The second kappa shape index (κ2) is 3.54. The van der Waals surface area contributed by atoms with Crippen molar-refractivity contribution in [1.82, 2.24) is 4.90 Å². The molecule has 0 aliphatic carbocycles. The quantitative estimate of drug-likeness (QED) is 0.545. The highest BCUT2D eigenvalue weighted by molar-refractivity contribution is 4.83. The Morgan fingerprint density at radius 3 is 2.56 bits per heavy atom. The predicted molar refractivity (Wildman–Crippen MR) is 40.2 cm³/mol. The van der Waals surface area contributed by atoms with Gasteiger partial charge in [0.05, 0.1) is 0 Å². The van der Waals surface area contributed by atoms with Crippen LogP contribution in [0.15, 0.2) is 12.3 Å². The van der Waals surface area contributed by atoms with Gasteiger partial charge in [0.25, 0.3) is 0 Å². The molecule has 0 aromatic heterocycles. The van der Waals surface area contributed by atoms with E-state index in [0.29, 0.717) is 0 Å². The molecule has 0 spiro atoms. The van der Waals surface area contributed by atoms with E-state index in [1.54, 1.807) is 0 Å². The number of rotatable bonds is 2. The van der Waals surface area contributed by atoms with Crippen molar-refractivity contribution in [3.05, 3.63) is 12.3 Å². The van der Waals surface area contributed by atoms with Crippen molar-refractivity contribution in [3.8, 4) is 0 Å². The third kappa shape index (κ3) is 2.08. The summed E-state index contributed by atoms with van der Waals surface area (Å²) in [7, 11) is 0. The van der Waals surface area contributed by atoms with Gasteiger partial charge in [0, 0.05) is 13.1 Å². The van der Waals surface area contributed by atoms with E-state index in [1.807, 2.05) is 0 Å². The Balaban J connectivity index is 2.18. The first-order valence-electron chi connectivity index (χ1n) is 3.84. The maximum Gasteiger partial charge on any atom is 0.0173 e. The largest absolute Gasteiger partial charge is 0.378 e. The molecule has 0 amide bonds. The predicted octanol–water partition coefficient (Wildman–Crippen LogP) is 2.01. The fourth-order valence-corrected chi connectivity index (χ4v) is 1.15. The summed E-state index contributed by atoms with van der Waals surface area (Å²) in [5, 5.41) is 0. The zero-order valence-corrected chi connectivity index (χ0v) is 6.14. The van der Waals surface area contributed by atoms with Crippen molar-refractivity contribution >= 4 is 0 Å². The second-order valence-electron chi connectivity index (χ2n) is 2.54. The summed E-state index contributed by atoms with van der Waals surface area (Å²) in [6.45, 7) is 4.72. The lowest BCUT2D eigenvalue weighted by Gasteiger charge is -2.09. The highest BCUT2D eigenvalue weighted by atomic mass is 15.1. The van der Waals surface area contributed by atoms with Gasteiger partial charge >= 0.3 is 0 Å². The van der Waals surface area contributed by atoms with Crippen molar-refractivity contribution in [3.63, 3.8) is 0 Å². The Hall–Kier alpha value is -0.460. The molecule has 1 rings (SSSR count). The lowest BCUT2D eigenvalue weighted by molar-refractivity contribution is 0.466. The number of nitrogens with zero attached hydrogens (tertiary/aromatic N) is 1. The van der Waals surface area contributed by atoms with Crippen LogP contribution in [0.3, 0.4) is 0 Å². The average molecular weight is 125 g/mol. The van der Waals surface area contributed by atoms with Gasteiger partial charge in [0.15, 0.2) is 0 Å². The SMILES string of the molecule is CC/C=C\N1CCCC1. The topological polar surface area (TPSA) is 3.24 Å². The molecule has 0 aromatic rings. The van der Waals surface area contributed by atoms with Crippen molar-refractivity contribution in [2.75, 3.05) is 13.1 Å². The molecular weight excluding hydrogens is 110 g/mol. The van der Waals surface area contributed by atoms with Crippen LogP contribution in [-0.2, 0) is 0 Å². The van der Waals surface area contributed by atoms with E-state index in [2.05, 4.69) is 24.1 Å². The molecule has 9 heavy (non-hydrogen) atoms. The van der Waals surface area contributed by atoms with E-state index < -0.39 is 0 Å². The Morgan fingerprint density at radius 2 is 2.00 bits per heavy atom. The molecule has 1 aliphatic heterocycles. The normalized spacial score (nSPS) is 19.9. The van der Waals surface area contributed by atoms with Gasteiger partial charge in [-0.2, -0.15) is 0 Å². The first-order valence-corrected chi connectivity index (χ1v) is 3.84. The minimum absolute atomic E-state index is 1.16. The third-order valence-corrected chi connectivity index (χ3v) is 1.69. The average Bonchev–Trinajstić information content (AvgIpc) is 2.34. The molecule has 0 radical (unpaired) electrons. The van der Waals surface area contributed by atoms with Gasteiger partial charge in [-0.3, -0.25) is 0 Å². The molecule has 0 saturated carbocycles. The first kappa shape index (κ1) is 6.66. The zero-order chi connectivity index (χ0) is 6.53. The van der Waals surface area contributed by atoms with E-state index in [4.69, 9.17) is 0 Å². The Labute approximate surface area is 57.4 Å². The van der Waals surface area contributed by atoms with Gasteiger partial charge in [-0.15, -0.1) is 0 Å². The highest BCUT2D eigenvalue weighted by Gasteiger charge is 2.04. The summed E-state index contributed by atoms with van der Waals surface area (Å²) >= 11 is 0. The summed E-state index contributed by atoms with van der Waals surface area (Å²) in [5.41, 5.74) is 0. The smallest absolute Gasteiger partial charge is 0.0173 e. The minimum atomic E-state index is 1.16. The van der Waals surface area contributed by atoms with Crippen molar-refractivity contribution in [1.29, 1.82) is 0 Å². The molecule has 1 aliphatic rings. The summed E-state index contributed by atoms with van der Waals surface area (Å²) in [5.74, 6) is 0. The second-order valence-corrected chi connectivity index (χ2v) is 2.54. The van der Waals surface area contributed by atoms with Gasteiger partial charge in [0.2, 0.25) is 0 Å². The van der Waals surface area contributed by atoms with Crippen molar-refractivity contribution < 1.29 is 0 Å². The number of allylic oxidation sites excluding steroid dienone is 1. The Bertz CT molecular complexity index is 90.7. The lowest BCUT2D eigenvalue weighted by Crippen LogP contribution is -2.09. The minimum Gasteiger partial charge on any atom is -0.378 e. The Morgan fingerprint density at radius 1 is 1.33 bits per heavy atom.